The van der Waals surface area contributed by atoms with Crippen LogP contribution in [0.4, 0.5) is 5.13 Å². The summed E-state index contributed by atoms with van der Waals surface area (Å²) in [6, 6.07) is 6.92. The summed E-state index contributed by atoms with van der Waals surface area (Å²) in [6.45, 7) is 14.8. The molecule has 0 spiro atoms. The highest BCUT2D eigenvalue weighted by atomic mass is 32.2. The molecule has 30 heavy (non-hydrogen) atoms. The van der Waals surface area contributed by atoms with Crippen molar-refractivity contribution in [2.45, 2.75) is 59.4 Å². The summed E-state index contributed by atoms with van der Waals surface area (Å²) < 4.78 is 25.6. The zero-order chi connectivity index (χ0) is 22.7. The number of thiazole rings is 1. The molecule has 1 aromatic heterocycles. The Morgan fingerprint density at radius 1 is 1.07 bits per heavy atom. The average Bonchev–Trinajstić information content (AvgIpc) is 3.04. The van der Waals surface area contributed by atoms with Crippen LogP contribution in [0.1, 0.15) is 48.5 Å². The lowest BCUT2D eigenvalue weighted by molar-refractivity contribution is -0.114. The van der Waals surface area contributed by atoms with Crippen LogP contribution in [0.15, 0.2) is 34.5 Å². The molecule has 0 fully saturated rings. The molecule has 1 aromatic carbocycles. The van der Waals surface area contributed by atoms with Crippen molar-refractivity contribution in [1.29, 1.82) is 0 Å². The molecule has 0 aliphatic heterocycles. The van der Waals surface area contributed by atoms with Crippen LogP contribution in [0, 0.1) is 10.8 Å². The smallest absolute Gasteiger partial charge is 0.223 e. The van der Waals surface area contributed by atoms with Crippen molar-refractivity contribution in [2.24, 2.45) is 10.8 Å². The molecule has 0 atom stereocenters. The van der Waals surface area contributed by atoms with Gasteiger partial charge in [0.2, 0.25) is 5.91 Å². The van der Waals surface area contributed by atoms with E-state index in [0.717, 1.165) is 5.56 Å². The van der Waals surface area contributed by atoms with Crippen LogP contribution in [0.3, 0.4) is 0 Å². The standard InChI is InChI=1S/C22H33N3O3S2/c1-15(26)24-20-25-18(14-29-20)16-8-10-17(11-9-16)30(27,28)13-12-23-19(21(2,3)4)22(5,6)7/h8-11,14,19,23H,12-13H2,1-7H3,(H,24,25,26). The molecule has 6 nitrogen and oxygen atoms in total. The zero-order valence-corrected chi connectivity index (χ0v) is 20.5. The molecular weight excluding hydrogens is 418 g/mol. The maximum Gasteiger partial charge on any atom is 0.223 e. The van der Waals surface area contributed by atoms with Gasteiger partial charge in [0.15, 0.2) is 15.0 Å². The van der Waals surface area contributed by atoms with E-state index < -0.39 is 9.84 Å². The van der Waals surface area contributed by atoms with Gasteiger partial charge in [-0.2, -0.15) is 0 Å². The summed E-state index contributed by atoms with van der Waals surface area (Å²) in [5.74, 6) is -0.135. The van der Waals surface area contributed by atoms with Gasteiger partial charge in [-0.15, -0.1) is 11.3 Å². The monoisotopic (exact) mass is 451 g/mol. The second kappa shape index (κ2) is 9.16. The number of nitrogens with zero attached hydrogens (tertiary/aromatic N) is 1. The number of anilines is 1. The van der Waals surface area contributed by atoms with Gasteiger partial charge in [-0.3, -0.25) is 4.79 Å². The second-order valence-corrected chi connectivity index (χ2v) is 12.6. The third-order valence-electron chi connectivity index (χ3n) is 4.75. The highest BCUT2D eigenvalue weighted by Crippen LogP contribution is 2.33. The molecule has 8 heteroatoms. The van der Waals surface area contributed by atoms with Crippen molar-refractivity contribution >= 4 is 32.2 Å². The molecule has 0 unspecified atom stereocenters. The van der Waals surface area contributed by atoms with Gasteiger partial charge in [0, 0.05) is 30.5 Å². The fourth-order valence-corrected chi connectivity index (χ4v) is 5.75. The van der Waals surface area contributed by atoms with Crippen molar-refractivity contribution in [1.82, 2.24) is 10.3 Å². The molecule has 1 heterocycles. The number of carbonyl (C=O) groups excluding carboxylic acids is 1. The normalized spacial score (nSPS) is 12.9. The van der Waals surface area contributed by atoms with E-state index in [0.29, 0.717) is 22.3 Å². The summed E-state index contributed by atoms with van der Waals surface area (Å²) in [7, 11) is -3.39. The topological polar surface area (TPSA) is 88.2 Å². The molecule has 2 aromatic rings. The van der Waals surface area contributed by atoms with E-state index in [1.807, 2.05) is 5.38 Å². The summed E-state index contributed by atoms with van der Waals surface area (Å²) in [6.07, 6.45) is 0. The quantitative estimate of drug-likeness (QED) is 0.643. The number of amides is 1. The van der Waals surface area contributed by atoms with Crippen LogP contribution in [-0.4, -0.2) is 37.6 Å². The number of carbonyl (C=O) groups is 1. The van der Waals surface area contributed by atoms with Crippen molar-refractivity contribution in [3.05, 3.63) is 29.6 Å². The SMILES string of the molecule is CC(=O)Nc1nc(-c2ccc(S(=O)(=O)CCNC(C(C)(C)C)C(C)(C)C)cc2)cs1. The van der Waals surface area contributed by atoms with Gasteiger partial charge < -0.3 is 10.6 Å². The van der Waals surface area contributed by atoms with Crippen molar-refractivity contribution in [3.8, 4) is 11.3 Å². The molecule has 166 valence electrons. The third-order valence-corrected chi connectivity index (χ3v) is 7.24. The molecule has 0 bridgehead atoms. The van der Waals surface area contributed by atoms with Gasteiger partial charge >= 0.3 is 0 Å². The summed E-state index contributed by atoms with van der Waals surface area (Å²) in [5.41, 5.74) is 1.55. The lowest BCUT2D eigenvalue weighted by atomic mass is 9.72. The number of hydrogen-bond donors (Lipinski definition) is 2. The van der Waals surface area contributed by atoms with Crippen LogP contribution >= 0.6 is 11.3 Å². The van der Waals surface area contributed by atoms with Crippen LogP contribution in [-0.2, 0) is 14.6 Å². The fraction of sp³-hybridized carbons (Fsp3) is 0.545. The number of hydrogen-bond acceptors (Lipinski definition) is 6. The van der Waals surface area contributed by atoms with E-state index in [1.165, 1.54) is 18.3 Å². The minimum absolute atomic E-state index is 0.0211. The number of aromatic nitrogens is 1. The summed E-state index contributed by atoms with van der Waals surface area (Å²) in [4.78, 5) is 15.8. The third kappa shape index (κ3) is 6.62. The van der Waals surface area contributed by atoms with Gasteiger partial charge in [-0.05, 0) is 23.0 Å². The Bertz CT molecular complexity index is 952. The van der Waals surface area contributed by atoms with Gasteiger partial charge in [-0.25, -0.2) is 13.4 Å². The molecule has 0 radical (unpaired) electrons. The highest BCUT2D eigenvalue weighted by molar-refractivity contribution is 7.91. The first kappa shape index (κ1) is 24.5. The van der Waals surface area contributed by atoms with Gasteiger partial charge in [0.1, 0.15) is 0 Å². The zero-order valence-electron chi connectivity index (χ0n) is 18.9. The van der Waals surface area contributed by atoms with E-state index in [2.05, 4.69) is 57.2 Å². The Balaban J connectivity index is 2.06. The molecule has 2 N–H and O–H groups in total. The maximum atomic E-state index is 12.8. The molecular formula is C22H33N3O3S2. The summed E-state index contributed by atoms with van der Waals surface area (Å²) >= 11 is 1.33. The van der Waals surface area contributed by atoms with Gasteiger partial charge in [-0.1, -0.05) is 53.7 Å². The number of sulfone groups is 1. The molecule has 0 aliphatic rings. The highest BCUT2D eigenvalue weighted by Gasteiger charge is 2.34. The number of benzene rings is 1. The predicted octanol–water partition coefficient (Wildman–Crippen LogP) is 4.59. The van der Waals surface area contributed by atoms with Crippen molar-refractivity contribution in [2.75, 3.05) is 17.6 Å². The molecule has 0 aliphatic carbocycles. The fourth-order valence-electron chi connectivity index (χ4n) is 3.81. The number of rotatable bonds is 7. The van der Waals surface area contributed by atoms with Gasteiger partial charge in [0.25, 0.3) is 0 Å². The number of nitrogens with one attached hydrogen (secondary N) is 2. The van der Waals surface area contributed by atoms with Crippen molar-refractivity contribution in [3.63, 3.8) is 0 Å². The first-order valence-electron chi connectivity index (χ1n) is 10.00. The van der Waals surface area contributed by atoms with E-state index >= 15 is 0 Å². The van der Waals surface area contributed by atoms with E-state index in [9.17, 15) is 13.2 Å². The second-order valence-electron chi connectivity index (χ2n) is 9.68. The van der Waals surface area contributed by atoms with Crippen LogP contribution in [0.25, 0.3) is 11.3 Å². The minimum Gasteiger partial charge on any atom is -0.312 e. The molecule has 0 saturated carbocycles. The first-order chi connectivity index (χ1) is 13.7. The van der Waals surface area contributed by atoms with E-state index in [4.69, 9.17) is 0 Å². The average molecular weight is 452 g/mol. The Kier molecular flexibility index (Phi) is 7.48. The Morgan fingerprint density at radius 3 is 2.13 bits per heavy atom. The maximum absolute atomic E-state index is 12.8. The molecule has 2 rings (SSSR count). The van der Waals surface area contributed by atoms with Crippen LogP contribution in [0.5, 0.6) is 0 Å². The first-order valence-corrected chi connectivity index (χ1v) is 12.5. The Labute approximate surface area is 184 Å². The summed E-state index contributed by atoms with van der Waals surface area (Å²) in [5, 5.41) is 8.46. The Hall–Kier alpha value is -1.77. The Morgan fingerprint density at radius 2 is 1.63 bits per heavy atom. The minimum atomic E-state index is -3.39. The lowest BCUT2D eigenvalue weighted by Crippen LogP contribution is -2.50. The van der Waals surface area contributed by atoms with E-state index in [1.54, 1.807) is 24.3 Å². The molecule has 1 amide bonds. The molecule has 0 saturated heterocycles. The van der Waals surface area contributed by atoms with Crippen LogP contribution < -0.4 is 10.6 Å². The van der Waals surface area contributed by atoms with Crippen LogP contribution in [0.2, 0.25) is 0 Å². The van der Waals surface area contributed by atoms with Crippen molar-refractivity contribution < 1.29 is 13.2 Å². The van der Waals surface area contributed by atoms with Gasteiger partial charge in [0.05, 0.1) is 16.3 Å². The predicted molar refractivity (Wildman–Crippen MR) is 125 cm³/mol. The largest absolute Gasteiger partial charge is 0.312 e. The lowest BCUT2D eigenvalue weighted by Gasteiger charge is -2.41. The van der Waals surface area contributed by atoms with E-state index in [-0.39, 0.29) is 28.5 Å².